The Morgan fingerprint density at radius 3 is 2.73 bits per heavy atom. The van der Waals surface area contributed by atoms with Crippen LogP contribution in [0.3, 0.4) is 0 Å². The highest BCUT2D eigenvalue weighted by Gasteiger charge is 2.22. The van der Waals surface area contributed by atoms with E-state index in [1.165, 1.54) is 12.1 Å². The minimum absolute atomic E-state index is 0.0380. The molecule has 0 spiro atoms. The molecule has 2 heterocycles. The van der Waals surface area contributed by atoms with Gasteiger partial charge in [-0.2, -0.15) is 5.10 Å². The van der Waals surface area contributed by atoms with Crippen LogP contribution in [0.15, 0.2) is 53.5 Å². The van der Waals surface area contributed by atoms with Crippen molar-refractivity contribution < 1.29 is 9.18 Å². The summed E-state index contributed by atoms with van der Waals surface area (Å²) >= 11 is 0. The van der Waals surface area contributed by atoms with Crippen molar-refractivity contribution in [2.45, 2.75) is 39.9 Å². The number of carbonyl (C=O) groups is 1. The normalized spacial score (nSPS) is 11.5. The van der Waals surface area contributed by atoms with Gasteiger partial charge in [-0.05, 0) is 44.5 Å². The van der Waals surface area contributed by atoms with E-state index in [1.807, 2.05) is 43.5 Å². The van der Waals surface area contributed by atoms with Crippen LogP contribution >= 0.6 is 0 Å². The van der Waals surface area contributed by atoms with E-state index in [0.717, 1.165) is 21.3 Å². The summed E-state index contributed by atoms with van der Waals surface area (Å²) in [6.45, 7) is 6.06. The monoisotopic (exact) mass is 406 g/mol. The number of hydrogen-bond donors (Lipinski definition) is 1. The molecule has 4 rings (SSSR count). The fraction of sp³-hybridized carbons (Fsp3) is 0.261. The van der Waals surface area contributed by atoms with E-state index in [2.05, 4.69) is 16.5 Å². The predicted octanol–water partition coefficient (Wildman–Crippen LogP) is 3.32. The lowest BCUT2D eigenvalue weighted by atomic mass is 10.1. The number of pyridine rings is 1. The Morgan fingerprint density at radius 1 is 1.20 bits per heavy atom. The molecule has 0 fully saturated rings. The number of fused-ring (bicyclic) bond motifs is 3. The van der Waals surface area contributed by atoms with Crippen molar-refractivity contribution in [3.63, 3.8) is 0 Å². The molecule has 0 saturated heterocycles. The Hall–Kier alpha value is -3.48. The van der Waals surface area contributed by atoms with Crippen LogP contribution < -0.4 is 10.9 Å². The van der Waals surface area contributed by atoms with Crippen LogP contribution in [-0.4, -0.2) is 26.3 Å². The zero-order chi connectivity index (χ0) is 21.4. The molecule has 30 heavy (non-hydrogen) atoms. The van der Waals surface area contributed by atoms with E-state index < -0.39 is 5.82 Å². The number of benzene rings is 2. The first-order valence-corrected chi connectivity index (χ1v) is 9.86. The summed E-state index contributed by atoms with van der Waals surface area (Å²) in [7, 11) is 0. The zero-order valence-corrected chi connectivity index (χ0v) is 17.1. The molecule has 1 amide bonds. The average Bonchev–Trinajstić information content (AvgIpc) is 2.97. The van der Waals surface area contributed by atoms with Crippen molar-refractivity contribution >= 4 is 16.8 Å². The summed E-state index contributed by atoms with van der Waals surface area (Å²) in [6.07, 6.45) is 1.74. The number of carbonyl (C=O) groups excluding carboxylic acids is 1. The number of hydrogen-bond acceptors (Lipinski definition) is 3. The second kappa shape index (κ2) is 7.74. The minimum atomic E-state index is -0.406. The van der Waals surface area contributed by atoms with Gasteiger partial charge in [0.15, 0.2) is 0 Å². The molecule has 0 saturated carbocycles. The lowest BCUT2D eigenvalue weighted by molar-refractivity contribution is -0.122. The molecular weight excluding hydrogens is 383 g/mol. The summed E-state index contributed by atoms with van der Waals surface area (Å²) in [4.78, 5) is 25.1. The van der Waals surface area contributed by atoms with Crippen LogP contribution in [0.4, 0.5) is 4.39 Å². The van der Waals surface area contributed by atoms with Crippen molar-refractivity contribution in [2.24, 2.45) is 0 Å². The molecule has 0 atom stereocenters. The molecule has 0 aliphatic carbocycles. The largest absolute Gasteiger partial charge is 0.352 e. The first-order chi connectivity index (χ1) is 14.3. The summed E-state index contributed by atoms with van der Waals surface area (Å²) in [6, 6.07) is 12.5. The molecule has 6 nitrogen and oxygen atoms in total. The maximum Gasteiger partial charge on any atom is 0.278 e. The second-order valence-electron chi connectivity index (χ2n) is 7.85. The molecule has 2 aromatic carbocycles. The number of amides is 1. The maximum absolute atomic E-state index is 14.1. The van der Waals surface area contributed by atoms with Crippen LogP contribution in [0.2, 0.25) is 0 Å². The number of rotatable bonds is 5. The second-order valence-corrected chi connectivity index (χ2v) is 7.85. The number of nitrogens with one attached hydrogen (secondary N) is 1. The number of aromatic nitrogens is 3. The molecular formula is C23H23FN4O2. The Labute approximate surface area is 173 Å². The minimum Gasteiger partial charge on any atom is -0.352 e. The van der Waals surface area contributed by atoms with Gasteiger partial charge in [-0.3, -0.25) is 9.59 Å². The molecule has 0 radical (unpaired) electrons. The van der Waals surface area contributed by atoms with Gasteiger partial charge in [0.2, 0.25) is 5.91 Å². The summed E-state index contributed by atoms with van der Waals surface area (Å²) in [5, 5.41) is 7.65. The predicted molar refractivity (Wildman–Crippen MR) is 114 cm³/mol. The van der Waals surface area contributed by atoms with Gasteiger partial charge in [0.25, 0.3) is 5.56 Å². The van der Waals surface area contributed by atoms with Crippen molar-refractivity contribution in [1.82, 2.24) is 19.7 Å². The van der Waals surface area contributed by atoms with E-state index in [4.69, 9.17) is 0 Å². The molecule has 0 aromatic heterocycles. The van der Waals surface area contributed by atoms with Crippen LogP contribution in [0.5, 0.6) is 0 Å². The van der Waals surface area contributed by atoms with Gasteiger partial charge in [-0.15, -0.1) is 0 Å². The van der Waals surface area contributed by atoms with Gasteiger partial charge in [0, 0.05) is 24.2 Å². The topological polar surface area (TPSA) is 68.9 Å². The zero-order valence-electron chi connectivity index (χ0n) is 17.1. The smallest absolute Gasteiger partial charge is 0.278 e. The molecule has 2 aromatic rings. The van der Waals surface area contributed by atoms with Crippen LogP contribution in [0.25, 0.3) is 22.2 Å². The quantitative estimate of drug-likeness (QED) is 0.553. The SMILES string of the molecule is Cc1cccc(Cn2cc3c(=O)n(CC(=O)NC(C)C)nc-3c3cc(F)ccc32)c1. The lowest BCUT2D eigenvalue weighted by Crippen LogP contribution is -2.35. The van der Waals surface area contributed by atoms with Gasteiger partial charge >= 0.3 is 0 Å². The van der Waals surface area contributed by atoms with Crippen LogP contribution in [0.1, 0.15) is 25.0 Å². The summed E-state index contributed by atoms with van der Waals surface area (Å²) < 4.78 is 17.1. The van der Waals surface area contributed by atoms with Gasteiger partial charge in [0.05, 0.1) is 11.1 Å². The Kier molecular flexibility index (Phi) is 5.11. The molecule has 0 bridgehead atoms. The van der Waals surface area contributed by atoms with Gasteiger partial charge in [0.1, 0.15) is 18.1 Å². The molecule has 2 aliphatic heterocycles. The van der Waals surface area contributed by atoms with E-state index in [-0.39, 0.29) is 24.1 Å². The van der Waals surface area contributed by atoms with Crippen molar-refractivity contribution in [3.8, 4) is 11.3 Å². The van der Waals surface area contributed by atoms with E-state index >= 15 is 0 Å². The Morgan fingerprint density at radius 2 is 2.00 bits per heavy atom. The first-order valence-electron chi connectivity index (χ1n) is 9.86. The molecule has 7 heteroatoms. The van der Waals surface area contributed by atoms with E-state index in [1.54, 1.807) is 12.3 Å². The molecule has 1 N–H and O–H groups in total. The highest BCUT2D eigenvalue weighted by molar-refractivity contribution is 5.93. The number of halogens is 1. The molecule has 154 valence electrons. The third kappa shape index (κ3) is 3.83. The third-order valence-corrected chi connectivity index (χ3v) is 4.93. The lowest BCUT2D eigenvalue weighted by Gasteiger charge is -2.14. The first kappa shape index (κ1) is 19.8. The van der Waals surface area contributed by atoms with E-state index in [0.29, 0.717) is 23.2 Å². The fourth-order valence-corrected chi connectivity index (χ4v) is 3.70. The van der Waals surface area contributed by atoms with Gasteiger partial charge < -0.3 is 9.88 Å². The van der Waals surface area contributed by atoms with Crippen LogP contribution in [-0.2, 0) is 17.9 Å². The maximum atomic E-state index is 14.1. The van der Waals surface area contributed by atoms with Gasteiger partial charge in [-0.1, -0.05) is 29.8 Å². The van der Waals surface area contributed by atoms with Gasteiger partial charge in [-0.25, -0.2) is 9.07 Å². The molecule has 0 unspecified atom stereocenters. The van der Waals surface area contributed by atoms with Crippen molar-refractivity contribution in [3.05, 3.63) is 76.0 Å². The van der Waals surface area contributed by atoms with Crippen LogP contribution in [0, 0.1) is 12.7 Å². The molecule has 2 aliphatic rings. The number of nitrogens with zero attached hydrogens (tertiary/aromatic N) is 3. The van der Waals surface area contributed by atoms with Crippen molar-refractivity contribution in [2.75, 3.05) is 0 Å². The van der Waals surface area contributed by atoms with E-state index in [9.17, 15) is 14.0 Å². The summed E-state index contributed by atoms with van der Waals surface area (Å²) in [5.74, 6) is -0.699. The highest BCUT2D eigenvalue weighted by Crippen LogP contribution is 2.28. The number of aryl methyl sites for hydroxylation is 1. The average molecular weight is 406 g/mol. The Bertz CT molecular complexity index is 1270. The standard InChI is InChI=1S/C23H23FN4O2/c1-14(2)25-21(29)13-28-23(30)19-12-27(11-16-6-4-5-15(3)9-16)20-8-7-17(24)10-18(20)22(19)26-28/h4-10,12,14H,11,13H2,1-3H3,(H,25,29). The fourth-order valence-electron chi connectivity index (χ4n) is 3.70. The summed E-state index contributed by atoms with van der Waals surface area (Å²) in [5.41, 5.74) is 3.36. The Balaban J connectivity index is 1.86. The van der Waals surface area contributed by atoms with Crippen molar-refractivity contribution in [1.29, 1.82) is 0 Å². The highest BCUT2D eigenvalue weighted by atomic mass is 19.1. The third-order valence-electron chi connectivity index (χ3n) is 4.93.